The van der Waals surface area contributed by atoms with Gasteiger partial charge in [0.2, 0.25) is 0 Å². The summed E-state index contributed by atoms with van der Waals surface area (Å²) in [6.45, 7) is 0. The van der Waals surface area contributed by atoms with Crippen LogP contribution in [0, 0.1) is 0 Å². The van der Waals surface area contributed by atoms with Crippen molar-refractivity contribution in [2.24, 2.45) is 0 Å². The van der Waals surface area contributed by atoms with Crippen LogP contribution in [-0.4, -0.2) is 24.2 Å². The first-order valence-electron chi connectivity index (χ1n) is 6.26. The zero-order chi connectivity index (χ0) is 15.0. The molecule has 0 saturated heterocycles. The maximum absolute atomic E-state index is 12.1. The highest BCUT2D eigenvalue weighted by Gasteiger charge is 2.21. The van der Waals surface area contributed by atoms with Crippen molar-refractivity contribution in [1.82, 2.24) is 9.97 Å². The molecule has 3 rings (SSSR count). The van der Waals surface area contributed by atoms with E-state index in [1.165, 1.54) is 7.11 Å². The third-order valence-corrected chi connectivity index (χ3v) is 4.67. The van der Waals surface area contributed by atoms with E-state index in [0.717, 1.165) is 17.0 Å². The van der Waals surface area contributed by atoms with Gasteiger partial charge in [-0.2, -0.15) is 11.8 Å². The monoisotopic (exact) mass is 324 g/mol. The van der Waals surface area contributed by atoms with Crippen LogP contribution >= 0.6 is 23.4 Å². The third kappa shape index (κ3) is 2.38. The number of benzene rings is 1. The number of aromatic amines is 1. The SMILES string of the molecule is COc1ccc(-c2nc3c(c(=O)[nH]2)CSC3)c(Cl)c1OC. The van der Waals surface area contributed by atoms with Crippen molar-refractivity contribution < 1.29 is 9.47 Å². The highest BCUT2D eigenvalue weighted by atomic mass is 35.5. The molecule has 1 aromatic carbocycles. The van der Waals surface area contributed by atoms with Gasteiger partial charge in [0.1, 0.15) is 5.82 Å². The molecule has 2 heterocycles. The lowest BCUT2D eigenvalue weighted by Crippen LogP contribution is -2.15. The first-order valence-corrected chi connectivity index (χ1v) is 7.79. The highest BCUT2D eigenvalue weighted by molar-refractivity contribution is 7.98. The minimum absolute atomic E-state index is 0.106. The number of nitrogens with one attached hydrogen (secondary N) is 1. The van der Waals surface area contributed by atoms with Crippen LogP contribution in [-0.2, 0) is 11.5 Å². The summed E-state index contributed by atoms with van der Waals surface area (Å²) >= 11 is 8.04. The van der Waals surface area contributed by atoms with Crippen LogP contribution < -0.4 is 15.0 Å². The smallest absolute Gasteiger partial charge is 0.255 e. The second kappa shape index (κ2) is 5.61. The van der Waals surface area contributed by atoms with Crippen molar-refractivity contribution >= 4 is 23.4 Å². The molecule has 0 unspecified atom stereocenters. The van der Waals surface area contributed by atoms with Gasteiger partial charge in [0.25, 0.3) is 5.56 Å². The number of rotatable bonds is 3. The number of aromatic nitrogens is 2. The largest absolute Gasteiger partial charge is 0.493 e. The van der Waals surface area contributed by atoms with Crippen molar-refractivity contribution in [3.05, 3.63) is 38.8 Å². The molecule has 0 spiro atoms. The number of hydrogen-bond donors (Lipinski definition) is 1. The van der Waals surface area contributed by atoms with Crippen molar-refractivity contribution in [3.8, 4) is 22.9 Å². The average molecular weight is 325 g/mol. The summed E-state index contributed by atoms with van der Waals surface area (Å²) in [5, 5.41) is 0.366. The molecule has 1 N–H and O–H groups in total. The Bertz CT molecular complexity index is 761. The summed E-state index contributed by atoms with van der Waals surface area (Å²) < 4.78 is 10.5. The quantitative estimate of drug-likeness (QED) is 0.940. The van der Waals surface area contributed by atoms with Gasteiger partial charge < -0.3 is 14.5 Å². The van der Waals surface area contributed by atoms with Crippen LogP contribution in [0.4, 0.5) is 0 Å². The van der Waals surface area contributed by atoms with E-state index >= 15 is 0 Å². The van der Waals surface area contributed by atoms with Crippen LogP contribution in [0.5, 0.6) is 11.5 Å². The van der Waals surface area contributed by atoms with Crippen molar-refractivity contribution in [1.29, 1.82) is 0 Å². The molecule has 0 radical (unpaired) electrons. The van der Waals surface area contributed by atoms with Crippen molar-refractivity contribution in [2.75, 3.05) is 14.2 Å². The van der Waals surface area contributed by atoms with Crippen molar-refractivity contribution in [2.45, 2.75) is 11.5 Å². The molecule has 5 nitrogen and oxygen atoms in total. The lowest BCUT2D eigenvalue weighted by molar-refractivity contribution is 0.355. The van der Waals surface area contributed by atoms with Crippen LogP contribution in [0.1, 0.15) is 11.3 Å². The topological polar surface area (TPSA) is 64.2 Å². The van der Waals surface area contributed by atoms with E-state index < -0.39 is 0 Å². The number of fused-ring (bicyclic) bond motifs is 1. The maximum Gasteiger partial charge on any atom is 0.255 e. The zero-order valence-electron chi connectivity index (χ0n) is 11.5. The number of methoxy groups -OCH3 is 2. The molecule has 21 heavy (non-hydrogen) atoms. The number of nitrogens with zero attached hydrogens (tertiary/aromatic N) is 1. The van der Waals surface area contributed by atoms with E-state index in [9.17, 15) is 4.79 Å². The normalized spacial score (nSPS) is 13.1. The molecule has 0 bridgehead atoms. The first-order chi connectivity index (χ1) is 10.2. The van der Waals surface area contributed by atoms with E-state index in [1.54, 1.807) is 31.0 Å². The second-order valence-corrected chi connectivity index (χ2v) is 5.86. The molecule has 0 fully saturated rings. The molecule has 0 saturated carbocycles. The van der Waals surface area contributed by atoms with Gasteiger partial charge in [-0.25, -0.2) is 4.98 Å². The van der Waals surface area contributed by atoms with Crippen molar-refractivity contribution in [3.63, 3.8) is 0 Å². The fourth-order valence-electron chi connectivity index (χ4n) is 2.26. The van der Waals surface area contributed by atoms with E-state index in [2.05, 4.69) is 9.97 Å². The number of ether oxygens (including phenoxy) is 2. The molecule has 0 aliphatic carbocycles. The number of halogens is 1. The second-order valence-electron chi connectivity index (χ2n) is 4.50. The first kappa shape index (κ1) is 14.3. The summed E-state index contributed by atoms with van der Waals surface area (Å²) in [5.74, 6) is 2.86. The Labute approximate surface area is 130 Å². The van der Waals surface area contributed by atoms with E-state index in [1.807, 2.05) is 0 Å². The fraction of sp³-hybridized carbons (Fsp3) is 0.286. The fourth-order valence-corrected chi connectivity index (χ4v) is 3.62. The van der Waals surface area contributed by atoms with Crippen LogP contribution in [0.2, 0.25) is 5.02 Å². The Balaban J connectivity index is 2.18. The minimum atomic E-state index is -0.106. The van der Waals surface area contributed by atoms with Gasteiger partial charge in [-0.1, -0.05) is 11.6 Å². The van der Waals surface area contributed by atoms with Gasteiger partial charge >= 0.3 is 0 Å². The molecule has 1 aliphatic heterocycles. The third-order valence-electron chi connectivity index (χ3n) is 3.33. The standard InChI is InChI=1S/C14H13ClN2O3S/c1-19-10-4-3-7(11(15)12(10)20-2)13-16-9-6-21-5-8(9)14(18)17-13/h3-4H,5-6H2,1-2H3,(H,16,17,18). The molecular weight excluding hydrogens is 312 g/mol. The van der Waals surface area contributed by atoms with Crippen LogP contribution in [0.3, 0.4) is 0 Å². The van der Waals surface area contributed by atoms with Gasteiger partial charge in [-0.3, -0.25) is 4.79 Å². The lowest BCUT2D eigenvalue weighted by atomic mass is 10.1. The average Bonchev–Trinajstić information content (AvgIpc) is 2.95. The van der Waals surface area contributed by atoms with Gasteiger partial charge in [0, 0.05) is 22.6 Å². The van der Waals surface area contributed by atoms with Gasteiger partial charge in [-0.05, 0) is 12.1 Å². The predicted octanol–water partition coefficient (Wildman–Crippen LogP) is 2.85. The lowest BCUT2D eigenvalue weighted by Gasteiger charge is -2.12. The zero-order valence-corrected chi connectivity index (χ0v) is 13.1. The molecule has 1 aromatic heterocycles. The maximum atomic E-state index is 12.1. The van der Waals surface area contributed by atoms with E-state index in [-0.39, 0.29) is 5.56 Å². The summed E-state index contributed by atoms with van der Waals surface area (Å²) in [7, 11) is 3.06. The summed E-state index contributed by atoms with van der Waals surface area (Å²) in [6, 6.07) is 3.50. The highest BCUT2D eigenvalue weighted by Crippen LogP contribution is 2.41. The Morgan fingerprint density at radius 3 is 2.81 bits per heavy atom. The van der Waals surface area contributed by atoms with E-state index in [4.69, 9.17) is 21.1 Å². The molecule has 0 amide bonds. The minimum Gasteiger partial charge on any atom is -0.493 e. The van der Waals surface area contributed by atoms with Gasteiger partial charge in [0.15, 0.2) is 11.5 Å². The number of thioether (sulfide) groups is 1. The van der Waals surface area contributed by atoms with Gasteiger partial charge in [0.05, 0.1) is 24.9 Å². The molecule has 2 aromatic rings. The number of hydrogen-bond acceptors (Lipinski definition) is 5. The summed E-state index contributed by atoms with van der Waals surface area (Å²) in [6.07, 6.45) is 0. The molecule has 7 heteroatoms. The molecule has 1 aliphatic rings. The Kier molecular flexibility index (Phi) is 3.82. The predicted molar refractivity (Wildman–Crippen MR) is 83.4 cm³/mol. The Morgan fingerprint density at radius 1 is 1.29 bits per heavy atom. The summed E-state index contributed by atoms with van der Waals surface area (Å²) in [4.78, 5) is 19.4. The molecule has 110 valence electrons. The Morgan fingerprint density at radius 2 is 2.10 bits per heavy atom. The molecular formula is C14H13ClN2O3S. The number of H-pyrrole nitrogens is 1. The Hall–Kier alpha value is -1.66. The van der Waals surface area contributed by atoms with E-state index in [0.29, 0.717) is 33.7 Å². The molecule has 0 atom stereocenters. The van der Waals surface area contributed by atoms with Gasteiger partial charge in [-0.15, -0.1) is 0 Å². The van der Waals surface area contributed by atoms with Crippen LogP contribution in [0.25, 0.3) is 11.4 Å². The summed E-state index contributed by atoms with van der Waals surface area (Å²) in [5.41, 5.74) is 2.09. The van der Waals surface area contributed by atoms with Crippen LogP contribution in [0.15, 0.2) is 16.9 Å².